The highest BCUT2D eigenvalue weighted by Gasteiger charge is 2.07. The minimum atomic E-state index is -0.271. The van der Waals surface area contributed by atoms with E-state index in [1.165, 1.54) is 11.1 Å². The van der Waals surface area contributed by atoms with Crippen LogP contribution in [0, 0.1) is 6.92 Å². The third-order valence-corrected chi connectivity index (χ3v) is 2.80. The summed E-state index contributed by atoms with van der Waals surface area (Å²) in [6, 6.07) is 9.12. The normalized spacial score (nSPS) is 14.8. The van der Waals surface area contributed by atoms with Crippen molar-refractivity contribution in [3.63, 3.8) is 0 Å². The predicted molar refractivity (Wildman–Crippen MR) is 68.6 cm³/mol. The van der Waals surface area contributed by atoms with Gasteiger partial charge in [-0.2, -0.15) is 0 Å². The van der Waals surface area contributed by atoms with Crippen molar-refractivity contribution in [1.29, 1.82) is 0 Å². The first-order valence-corrected chi connectivity index (χ1v) is 6.08. The largest absolute Gasteiger partial charge is 0.392 e. The Hall–Kier alpha value is -0.860. The van der Waals surface area contributed by atoms with E-state index in [0.717, 1.165) is 12.8 Å². The van der Waals surface area contributed by atoms with Crippen molar-refractivity contribution < 1.29 is 5.11 Å². The Morgan fingerprint density at radius 3 is 2.38 bits per heavy atom. The molecule has 2 atom stereocenters. The zero-order valence-electron chi connectivity index (χ0n) is 10.5. The molecule has 0 aliphatic carbocycles. The smallest absolute Gasteiger partial charge is 0.0636 e. The van der Waals surface area contributed by atoms with Gasteiger partial charge in [0.2, 0.25) is 0 Å². The van der Waals surface area contributed by atoms with Crippen LogP contribution in [0.15, 0.2) is 24.3 Å². The zero-order chi connectivity index (χ0) is 12.0. The summed E-state index contributed by atoms with van der Waals surface area (Å²) in [6.07, 6.45) is 1.84. The van der Waals surface area contributed by atoms with Crippen LogP contribution in [-0.2, 0) is 6.42 Å². The van der Waals surface area contributed by atoms with Crippen molar-refractivity contribution in [2.24, 2.45) is 0 Å². The van der Waals surface area contributed by atoms with Crippen LogP contribution in [0.4, 0.5) is 0 Å². The fourth-order valence-corrected chi connectivity index (χ4v) is 1.71. The molecule has 0 amide bonds. The van der Waals surface area contributed by atoms with Crippen LogP contribution in [0.3, 0.4) is 0 Å². The minimum absolute atomic E-state index is 0.271. The third kappa shape index (κ3) is 4.77. The van der Waals surface area contributed by atoms with E-state index in [-0.39, 0.29) is 6.10 Å². The molecule has 0 saturated carbocycles. The summed E-state index contributed by atoms with van der Waals surface area (Å²) in [5.41, 5.74) is 2.66. The van der Waals surface area contributed by atoms with Crippen molar-refractivity contribution >= 4 is 0 Å². The monoisotopic (exact) mass is 221 g/mol. The number of aliphatic hydroxyl groups excluding tert-OH is 1. The molecule has 2 N–H and O–H groups in total. The summed E-state index contributed by atoms with van der Waals surface area (Å²) < 4.78 is 0. The molecular weight excluding hydrogens is 198 g/mol. The lowest BCUT2D eigenvalue weighted by Crippen LogP contribution is -2.35. The van der Waals surface area contributed by atoms with Gasteiger partial charge in [-0.05, 0) is 32.3 Å². The number of hydrogen-bond donors (Lipinski definition) is 2. The van der Waals surface area contributed by atoms with Gasteiger partial charge in [-0.1, -0.05) is 36.8 Å². The van der Waals surface area contributed by atoms with Gasteiger partial charge >= 0.3 is 0 Å². The van der Waals surface area contributed by atoms with Crippen molar-refractivity contribution in [2.45, 2.75) is 45.8 Å². The van der Waals surface area contributed by atoms with Gasteiger partial charge in [0.1, 0.15) is 0 Å². The molecule has 1 aromatic rings. The van der Waals surface area contributed by atoms with Gasteiger partial charge < -0.3 is 10.4 Å². The summed E-state index contributed by atoms with van der Waals surface area (Å²) >= 11 is 0. The molecule has 90 valence electrons. The number of benzene rings is 1. The maximum atomic E-state index is 9.24. The highest BCUT2D eigenvalue weighted by molar-refractivity contribution is 5.22. The van der Waals surface area contributed by atoms with E-state index in [2.05, 4.69) is 43.4 Å². The Balaban J connectivity index is 2.46. The summed E-state index contributed by atoms with van der Waals surface area (Å²) in [5.74, 6) is 0. The lowest BCUT2D eigenvalue weighted by Gasteiger charge is -2.18. The molecule has 1 aromatic carbocycles. The molecule has 0 aliphatic rings. The summed E-state index contributed by atoms with van der Waals surface area (Å²) in [4.78, 5) is 0. The Morgan fingerprint density at radius 2 is 1.88 bits per heavy atom. The van der Waals surface area contributed by atoms with Gasteiger partial charge in [0, 0.05) is 12.6 Å². The van der Waals surface area contributed by atoms with Crippen LogP contribution in [0.1, 0.15) is 31.4 Å². The van der Waals surface area contributed by atoms with Crippen LogP contribution < -0.4 is 5.32 Å². The molecule has 0 bridgehead atoms. The summed E-state index contributed by atoms with van der Waals surface area (Å²) in [7, 11) is 0. The summed E-state index contributed by atoms with van der Waals surface area (Å²) in [6.45, 7) is 6.76. The molecule has 0 aliphatic heterocycles. The second kappa shape index (κ2) is 6.66. The molecule has 0 saturated heterocycles. The lowest BCUT2D eigenvalue weighted by atomic mass is 10.0. The van der Waals surface area contributed by atoms with Gasteiger partial charge in [0.25, 0.3) is 0 Å². The Labute approximate surface area is 98.7 Å². The highest BCUT2D eigenvalue weighted by Crippen LogP contribution is 2.07. The number of aryl methyl sites for hydroxylation is 1. The number of hydrogen-bond acceptors (Lipinski definition) is 2. The molecule has 0 radical (unpaired) electrons. The van der Waals surface area contributed by atoms with Crippen LogP contribution in [0.5, 0.6) is 0 Å². The van der Waals surface area contributed by atoms with Crippen LogP contribution in [-0.4, -0.2) is 23.8 Å². The van der Waals surface area contributed by atoms with Crippen LogP contribution in [0.25, 0.3) is 0 Å². The maximum Gasteiger partial charge on any atom is 0.0636 e. The molecule has 16 heavy (non-hydrogen) atoms. The van der Waals surface area contributed by atoms with E-state index < -0.39 is 0 Å². The van der Waals surface area contributed by atoms with Crippen LogP contribution >= 0.6 is 0 Å². The van der Waals surface area contributed by atoms with E-state index in [1.54, 1.807) is 0 Å². The SMILES string of the molecule is CCC(Cc1ccc(C)cc1)NCC(C)O. The van der Waals surface area contributed by atoms with E-state index >= 15 is 0 Å². The van der Waals surface area contributed by atoms with Gasteiger partial charge in [0.05, 0.1) is 6.10 Å². The first kappa shape index (κ1) is 13.2. The number of nitrogens with one attached hydrogen (secondary N) is 1. The molecule has 2 unspecified atom stereocenters. The highest BCUT2D eigenvalue weighted by atomic mass is 16.3. The van der Waals surface area contributed by atoms with Crippen molar-refractivity contribution in [3.05, 3.63) is 35.4 Å². The second-order valence-electron chi connectivity index (χ2n) is 4.55. The fraction of sp³-hybridized carbons (Fsp3) is 0.571. The third-order valence-electron chi connectivity index (χ3n) is 2.80. The Bertz CT molecular complexity index is 292. The minimum Gasteiger partial charge on any atom is -0.392 e. The molecule has 1 rings (SSSR count). The van der Waals surface area contributed by atoms with Gasteiger partial charge in [-0.3, -0.25) is 0 Å². The molecule has 0 aromatic heterocycles. The number of rotatable bonds is 6. The quantitative estimate of drug-likeness (QED) is 0.772. The van der Waals surface area contributed by atoms with Crippen molar-refractivity contribution in [1.82, 2.24) is 5.32 Å². The Kier molecular flexibility index (Phi) is 5.50. The summed E-state index contributed by atoms with van der Waals surface area (Å²) in [5, 5.41) is 12.6. The van der Waals surface area contributed by atoms with Crippen LogP contribution in [0.2, 0.25) is 0 Å². The molecule has 0 spiro atoms. The van der Waals surface area contributed by atoms with E-state index in [0.29, 0.717) is 12.6 Å². The molecule has 0 fully saturated rings. The van der Waals surface area contributed by atoms with Crippen molar-refractivity contribution in [2.75, 3.05) is 6.54 Å². The number of aliphatic hydroxyl groups is 1. The topological polar surface area (TPSA) is 32.3 Å². The van der Waals surface area contributed by atoms with Crippen molar-refractivity contribution in [3.8, 4) is 0 Å². The van der Waals surface area contributed by atoms with Gasteiger partial charge in [-0.25, -0.2) is 0 Å². The van der Waals surface area contributed by atoms with Gasteiger partial charge in [0.15, 0.2) is 0 Å². The average molecular weight is 221 g/mol. The lowest BCUT2D eigenvalue weighted by molar-refractivity contribution is 0.185. The first-order chi connectivity index (χ1) is 7.61. The maximum absolute atomic E-state index is 9.24. The molecular formula is C14H23NO. The molecule has 2 heteroatoms. The Morgan fingerprint density at radius 1 is 1.25 bits per heavy atom. The second-order valence-corrected chi connectivity index (χ2v) is 4.55. The van der Waals surface area contributed by atoms with E-state index in [9.17, 15) is 5.11 Å². The van der Waals surface area contributed by atoms with E-state index in [4.69, 9.17) is 0 Å². The molecule has 0 heterocycles. The average Bonchev–Trinajstić information content (AvgIpc) is 2.26. The first-order valence-electron chi connectivity index (χ1n) is 6.08. The van der Waals surface area contributed by atoms with E-state index in [1.807, 2.05) is 6.92 Å². The fourth-order valence-electron chi connectivity index (χ4n) is 1.71. The van der Waals surface area contributed by atoms with Gasteiger partial charge in [-0.15, -0.1) is 0 Å². The zero-order valence-corrected chi connectivity index (χ0v) is 10.5. The molecule has 2 nitrogen and oxygen atoms in total. The standard InChI is InChI=1S/C14H23NO/c1-4-14(15-10-12(3)16)9-13-7-5-11(2)6-8-13/h5-8,12,14-16H,4,9-10H2,1-3H3. The predicted octanol–water partition coefficient (Wildman–Crippen LogP) is 2.29.